The van der Waals surface area contributed by atoms with Crippen molar-refractivity contribution in [1.29, 1.82) is 0 Å². The zero-order chi connectivity index (χ0) is 16.2. The maximum Gasteiger partial charge on any atom is 0.275 e. The smallest absolute Gasteiger partial charge is 0.275 e. The highest BCUT2D eigenvalue weighted by Gasteiger charge is 2.14. The Morgan fingerprint density at radius 3 is 2.83 bits per heavy atom. The maximum atomic E-state index is 11.7. The average Bonchev–Trinajstić information content (AvgIpc) is 2.98. The number of benzene rings is 1. The highest BCUT2D eigenvalue weighted by molar-refractivity contribution is 7.99. The molecule has 0 spiro atoms. The molecule has 3 rings (SSSR count). The summed E-state index contributed by atoms with van der Waals surface area (Å²) in [4.78, 5) is 25.2. The number of hydrogen-bond acceptors (Lipinski definition) is 4. The van der Waals surface area contributed by atoms with Gasteiger partial charge in [-0.15, -0.1) is 11.8 Å². The van der Waals surface area contributed by atoms with Crippen LogP contribution in [0.25, 0.3) is 11.0 Å². The molecule has 0 saturated heterocycles. The first-order valence-corrected chi connectivity index (χ1v) is 8.55. The van der Waals surface area contributed by atoms with E-state index >= 15 is 0 Å². The summed E-state index contributed by atoms with van der Waals surface area (Å²) < 4.78 is 0. The Morgan fingerprint density at radius 2 is 2.04 bits per heavy atom. The lowest BCUT2D eigenvalue weighted by molar-refractivity contribution is 0.270. The first-order valence-electron chi connectivity index (χ1n) is 7.57. The van der Waals surface area contributed by atoms with Crippen LogP contribution in [0.15, 0.2) is 52.5 Å². The predicted molar refractivity (Wildman–Crippen MR) is 94.8 cm³/mol. The number of H-pyrrole nitrogens is 2. The molecule has 0 saturated carbocycles. The van der Waals surface area contributed by atoms with E-state index in [1.54, 1.807) is 0 Å². The lowest BCUT2D eigenvalue weighted by atomic mass is 10.2. The molecule has 1 aromatic carbocycles. The molecule has 0 unspecified atom stereocenters. The molecule has 0 aliphatic heterocycles. The van der Waals surface area contributed by atoms with Gasteiger partial charge in [0.2, 0.25) is 0 Å². The van der Waals surface area contributed by atoms with Gasteiger partial charge in [0.1, 0.15) is 5.52 Å². The number of fused-ring (bicyclic) bond motifs is 1. The fraction of sp³-hybridized carbons (Fsp3) is 0.294. The Morgan fingerprint density at radius 1 is 1.26 bits per heavy atom. The molecule has 6 heteroatoms. The van der Waals surface area contributed by atoms with Crippen molar-refractivity contribution < 1.29 is 0 Å². The zero-order valence-corrected chi connectivity index (χ0v) is 14.1. The molecule has 0 aliphatic rings. The number of rotatable bonds is 6. The first-order chi connectivity index (χ1) is 11.1. The third-order valence-corrected chi connectivity index (χ3v) is 5.21. The van der Waals surface area contributed by atoms with E-state index in [0.717, 1.165) is 23.4 Å². The number of nitrogens with zero attached hydrogens (tertiary/aromatic N) is 2. The number of nitrogens with one attached hydrogen (secondary N) is 2. The lowest BCUT2D eigenvalue weighted by Gasteiger charge is -2.24. The zero-order valence-electron chi connectivity index (χ0n) is 13.2. The lowest BCUT2D eigenvalue weighted by Crippen LogP contribution is -2.30. The van der Waals surface area contributed by atoms with Gasteiger partial charge in [0.05, 0.1) is 11.8 Å². The van der Waals surface area contributed by atoms with E-state index in [9.17, 15) is 4.79 Å². The third-order valence-electron chi connectivity index (χ3n) is 3.95. The summed E-state index contributed by atoms with van der Waals surface area (Å²) in [7, 11) is 2.10. The van der Waals surface area contributed by atoms with Crippen molar-refractivity contribution in [2.75, 3.05) is 12.8 Å². The summed E-state index contributed by atoms with van der Waals surface area (Å²) in [6.07, 6.45) is 3.33. The van der Waals surface area contributed by atoms with Crippen LogP contribution >= 0.6 is 11.8 Å². The Kier molecular flexibility index (Phi) is 4.83. The summed E-state index contributed by atoms with van der Waals surface area (Å²) in [6.45, 7) is 2.97. The summed E-state index contributed by atoms with van der Waals surface area (Å²) in [6, 6.07) is 10.8. The molecule has 0 radical (unpaired) electrons. The van der Waals surface area contributed by atoms with Crippen molar-refractivity contribution in [2.45, 2.75) is 24.4 Å². The molecular formula is C17H20N4OS. The quantitative estimate of drug-likeness (QED) is 0.683. The Labute approximate surface area is 139 Å². The van der Waals surface area contributed by atoms with E-state index in [2.05, 4.69) is 58.1 Å². The minimum Gasteiger partial charge on any atom is -0.355 e. The summed E-state index contributed by atoms with van der Waals surface area (Å²) in [5.41, 5.74) is 2.22. The monoisotopic (exact) mass is 328 g/mol. The van der Waals surface area contributed by atoms with Gasteiger partial charge in [-0.3, -0.25) is 9.69 Å². The van der Waals surface area contributed by atoms with Gasteiger partial charge in [-0.25, -0.2) is 4.98 Å². The average molecular weight is 328 g/mol. The van der Waals surface area contributed by atoms with E-state index in [1.807, 2.05) is 24.0 Å². The van der Waals surface area contributed by atoms with E-state index in [1.165, 1.54) is 11.2 Å². The Bertz CT molecular complexity index is 827. The highest BCUT2D eigenvalue weighted by atomic mass is 32.2. The molecule has 0 amide bonds. The molecule has 2 aromatic heterocycles. The molecule has 5 nitrogen and oxygen atoms in total. The summed E-state index contributed by atoms with van der Waals surface area (Å²) in [5.74, 6) is 1.01. The van der Waals surface area contributed by atoms with E-state index in [-0.39, 0.29) is 5.56 Å². The topological polar surface area (TPSA) is 64.8 Å². The van der Waals surface area contributed by atoms with Crippen molar-refractivity contribution >= 4 is 22.8 Å². The molecule has 1 atom stereocenters. The fourth-order valence-electron chi connectivity index (χ4n) is 2.41. The van der Waals surface area contributed by atoms with Gasteiger partial charge < -0.3 is 9.97 Å². The van der Waals surface area contributed by atoms with Gasteiger partial charge in [0, 0.05) is 35.0 Å². The SMILES string of the molecule is C[C@@H](CSc1ccccc1)N(C)Cc1c[nH]c2c(=O)[nH]cnc12. The van der Waals surface area contributed by atoms with Crippen molar-refractivity contribution in [3.63, 3.8) is 0 Å². The van der Waals surface area contributed by atoms with Crippen LogP contribution in [0.3, 0.4) is 0 Å². The second-order valence-electron chi connectivity index (χ2n) is 5.66. The van der Waals surface area contributed by atoms with Crippen molar-refractivity contribution in [3.05, 3.63) is 58.8 Å². The van der Waals surface area contributed by atoms with Crippen molar-refractivity contribution in [1.82, 2.24) is 19.9 Å². The van der Waals surface area contributed by atoms with Crippen LogP contribution in [-0.2, 0) is 6.54 Å². The second kappa shape index (κ2) is 7.02. The number of hydrogen-bond donors (Lipinski definition) is 2. The van der Waals surface area contributed by atoms with Crippen molar-refractivity contribution in [2.24, 2.45) is 0 Å². The van der Waals surface area contributed by atoms with E-state index < -0.39 is 0 Å². The van der Waals surface area contributed by atoms with Crippen LogP contribution in [0.5, 0.6) is 0 Å². The number of aromatic nitrogens is 3. The Balaban J connectivity index is 1.64. The molecule has 0 fully saturated rings. The first kappa shape index (κ1) is 15.8. The molecule has 23 heavy (non-hydrogen) atoms. The highest BCUT2D eigenvalue weighted by Crippen LogP contribution is 2.21. The van der Waals surface area contributed by atoms with Crippen LogP contribution < -0.4 is 5.56 Å². The van der Waals surface area contributed by atoms with Crippen molar-refractivity contribution in [3.8, 4) is 0 Å². The molecule has 120 valence electrons. The molecule has 0 aliphatic carbocycles. The summed E-state index contributed by atoms with van der Waals surface area (Å²) >= 11 is 1.86. The van der Waals surface area contributed by atoms with Gasteiger partial charge in [-0.1, -0.05) is 18.2 Å². The van der Waals surface area contributed by atoms with E-state index in [0.29, 0.717) is 11.6 Å². The van der Waals surface area contributed by atoms with Gasteiger partial charge in [0.15, 0.2) is 0 Å². The van der Waals surface area contributed by atoms with E-state index in [4.69, 9.17) is 0 Å². The van der Waals surface area contributed by atoms with Gasteiger partial charge in [-0.05, 0) is 26.1 Å². The maximum absolute atomic E-state index is 11.7. The van der Waals surface area contributed by atoms with Gasteiger partial charge in [-0.2, -0.15) is 0 Å². The molecular weight excluding hydrogens is 308 g/mol. The third kappa shape index (κ3) is 3.65. The molecule has 2 N–H and O–H groups in total. The minimum absolute atomic E-state index is 0.128. The fourth-order valence-corrected chi connectivity index (χ4v) is 3.45. The second-order valence-corrected chi connectivity index (χ2v) is 6.75. The molecule has 2 heterocycles. The van der Waals surface area contributed by atoms with Crippen LogP contribution in [0, 0.1) is 0 Å². The molecule has 0 bridgehead atoms. The van der Waals surface area contributed by atoms with Gasteiger partial charge >= 0.3 is 0 Å². The minimum atomic E-state index is -0.128. The molecule has 3 aromatic rings. The normalized spacial score (nSPS) is 12.8. The van der Waals surface area contributed by atoms with Crippen LogP contribution in [0.1, 0.15) is 12.5 Å². The van der Waals surface area contributed by atoms with Gasteiger partial charge in [0.25, 0.3) is 5.56 Å². The largest absolute Gasteiger partial charge is 0.355 e. The van der Waals surface area contributed by atoms with Crippen LogP contribution in [-0.4, -0.2) is 38.7 Å². The standard InChI is InChI=1S/C17H20N4OS/c1-12(10-23-14-6-4-3-5-7-14)21(2)9-13-8-18-16-15(13)19-11-20-17(16)22/h3-8,11-12,18H,9-10H2,1-2H3,(H,19,20,22)/t12-/m0/s1. The van der Waals surface area contributed by atoms with Crippen LogP contribution in [0.2, 0.25) is 0 Å². The van der Waals surface area contributed by atoms with Crippen LogP contribution in [0.4, 0.5) is 0 Å². The number of aromatic amines is 2. The Hall–Kier alpha value is -2.05. The predicted octanol–water partition coefficient (Wildman–Crippen LogP) is 2.86. The summed E-state index contributed by atoms with van der Waals surface area (Å²) in [5, 5.41) is 0. The number of thioether (sulfide) groups is 1.